The van der Waals surface area contributed by atoms with E-state index in [1.54, 1.807) is 6.07 Å². The molecule has 2 N–H and O–H groups in total. The second-order valence-electron chi connectivity index (χ2n) is 8.45. The number of carboxylic acids is 1. The Morgan fingerprint density at radius 1 is 0.829 bits per heavy atom. The summed E-state index contributed by atoms with van der Waals surface area (Å²) in [4.78, 5) is 29.1. The second-order valence-corrected chi connectivity index (χ2v) is 8.45. The fourth-order valence-electron chi connectivity index (χ4n) is 4.55. The predicted molar refractivity (Wildman–Crippen MR) is 133 cm³/mol. The molecule has 0 radical (unpaired) electrons. The first kappa shape index (κ1) is 22.3. The minimum absolute atomic E-state index is 0.0419. The van der Waals surface area contributed by atoms with Crippen LogP contribution in [-0.2, 0) is 16.0 Å². The van der Waals surface area contributed by atoms with Crippen LogP contribution in [0.2, 0.25) is 0 Å². The fourth-order valence-corrected chi connectivity index (χ4v) is 4.55. The Morgan fingerprint density at radius 3 is 2.11 bits per heavy atom. The monoisotopic (exact) mass is 464 g/mol. The third-order valence-corrected chi connectivity index (χ3v) is 6.22. The van der Waals surface area contributed by atoms with Crippen LogP contribution in [0.15, 0.2) is 97.1 Å². The number of ether oxygens (including phenoxy) is 1. The molecule has 5 rings (SSSR count). The summed E-state index contributed by atoms with van der Waals surface area (Å²) >= 11 is 0. The molecule has 0 fully saturated rings. The number of aliphatic carboxylic acids is 1. The van der Waals surface area contributed by atoms with Crippen molar-refractivity contribution in [3.8, 4) is 22.4 Å². The normalized spacial score (nSPS) is 12.9. The smallest absolute Gasteiger partial charge is 0.407 e. The second kappa shape index (κ2) is 9.81. The molecule has 6 heteroatoms. The summed E-state index contributed by atoms with van der Waals surface area (Å²) in [5, 5.41) is 12.2. The van der Waals surface area contributed by atoms with Crippen molar-refractivity contribution in [3.05, 3.63) is 114 Å². The van der Waals surface area contributed by atoms with Gasteiger partial charge in [-0.05, 0) is 34.4 Å². The van der Waals surface area contributed by atoms with Gasteiger partial charge in [-0.25, -0.2) is 9.59 Å². The van der Waals surface area contributed by atoms with Gasteiger partial charge in [0.2, 0.25) is 0 Å². The highest BCUT2D eigenvalue weighted by molar-refractivity contribution is 5.81. The van der Waals surface area contributed by atoms with E-state index in [2.05, 4.69) is 22.4 Å². The standard InChI is InChI=1S/C29H24N2O4/c32-28(33)27(17-20-11-8-16-26(30-20)19-9-2-1-3-10-19)31-29(34)35-18-25-23-14-6-4-12-21(23)22-13-5-7-15-24(22)25/h1-16,25,27H,17-18H2,(H,31,34)(H,32,33). The van der Waals surface area contributed by atoms with Gasteiger partial charge in [0.05, 0.1) is 5.69 Å². The Morgan fingerprint density at radius 2 is 1.46 bits per heavy atom. The van der Waals surface area contributed by atoms with Gasteiger partial charge in [-0.1, -0.05) is 84.9 Å². The van der Waals surface area contributed by atoms with E-state index in [-0.39, 0.29) is 18.9 Å². The maximum atomic E-state index is 12.6. The number of rotatable bonds is 7. The van der Waals surface area contributed by atoms with Crippen molar-refractivity contribution in [2.24, 2.45) is 0 Å². The van der Waals surface area contributed by atoms with Gasteiger partial charge in [0.15, 0.2) is 0 Å². The molecule has 1 unspecified atom stereocenters. The highest BCUT2D eigenvalue weighted by Crippen LogP contribution is 2.44. The SMILES string of the molecule is O=C(NC(Cc1cccc(-c2ccccc2)n1)C(=O)O)OCC1c2ccccc2-c2ccccc21. The van der Waals surface area contributed by atoms with Crippen LogP contribution < -0.4 is 5.32 Å². The lowest BCUT2D eigenvalue weighted by Crippen LogP contribution is -2.43. The molecular formula is C29H24N2O4. The first-order valence-electron chi connectivity index (χ1n) is 11.5. The summed E-state index contributed by atoms with van der Waals surface area (Å²) < 4.78 is 5.52. The number of hydrogen-bond donors (Lipinski definition) is 2. The summed E-state index contributed by atoms with van der Waals surface area (Å²) in [5.41, 5.74) is 6.70. The molecule has 0 saturated carbocycles. The van der Waals surface area contributed by atoms with Gasteiger partial charge < -0.3 is 15.2 Å². The number of nitrogens with one attached hydrogen (secondary N) is 1. The van der Waals surface area contributed by atoms with Gasteiger partial charge in [0, 0.05) is 23.6 Å². The molecule has 0 aliphatic heterocycles. The lowest BCUT2D eigenvalue weighted by Gasteiger charge is -2.17. The number of amides is 1. The summed E-state index contributed by atoms with van der Waals surface area (Å²) in [6.07, 6.45) is -0.723. The number of hydrogen-bond acceptors (Lipinski definition) is 4. The number of benzene rings is 3. The van der Waals surface area contributed by atoms with E-state index in [0.717, 1.165) is 33.5 Å². The molecule has 35 heavy (non-hydrogen) atoms. The van der Waals surface area contributed by atoms with Crippen molar-refractivity contribution < 1.29 is 19.4 Å². The quantitative estimate of drug-likeness (QED) is 0.388. The van der Waals surface area contributed by atoms with Gasteiger partial charge in [-0.15, -0.1) is 0 Å². The Hall–Kier alpha value is -4.45. The Bertz CT molecular complexity index is 1320. The summed E-state index contributed by atoms with van der Waals surface area (Å²) in [6, 6.07) is 30.0. The van der Waals surface area contributed by atoms with Gasteiger partial charge in [0.25, 0.3) is 0 Å². The van der Waals surface area contributed by atoms with Crippen molar-refractivity contribution in [2.75, 3.05) is 6.61 Å². The van der Waals surface area contributed by atoms with Crippen molar-refractivity contribution in [2.45, 2.75) is 18.4 Å². The highest BCUT2D eigenvalue weighted by atomic mass is 16.5. The molecule has 3 aromatic carbocycles. The molecule has 1 heterocycles. The van der Waals surface area contributed by atoms with Crippen molar-refractivity contribution >= 4 is 12.1 Å². The Kier molecular flexibility index (Phi) is 6.26. The zero-order chi connectivity index (χ0) is 24.2. The molecule has 4 aromatic rings. The van der Waals surface area contributed by atoms with E-state index in [1.165, 1.54) is 0 Å². The molecular weight excluding hydrogens is 440 g/mol. The van der Waals surface area contributed by atoms with Crippen LogP contribution >= 0.6 is 0 Å². The number of carboxylic acid groups (broad SMARTS) is 1. The lowest BCUT2D eigenvalue weighted by atomic mass is 9.98. The first-order chi connectivity index (χ1) is 17.1. The summed E-state index contributed by atoms with van der Waals surface area (Å²) in [6.45, 7) is 0.119. The van der Waals surface area contributed by atoms with Gasteiger partial charge in [-0.2, -0.15) is 0 Å². The van der Waals surface area contributed by atoms with Gasteiger partial charge >= 0.3 is 12.1 Å². The number of alkyl carbamates (subject to hydrolysis) is 1. The maximum Gasteiger partial charge on any atom is 0.407 e. The zero-order valence-electron chi connectivity index (χ0n) is 18.9. The molecule has 1 amide bonds. The summed E-state index contributed by atoms with van der Waals surface area (Å²) in [7, 11) is 0. The fraction of sp³-hybridized carbons (Fsp3) is 0.138. The minimum atomic E-state index is -1.16. The number of aromatic nitrogens is 1. The number of carbonyl (C=O) groups is 2. The summed E-state index contributed by atoms with van der Waals surface area (Å²) in [5.74, 6) is -1.24. The molecule has 174 valence electrons. The van der Waals surface area contributed by atoms with E-state index >= 15 is 0 Å². The van der Waals surface area contributed by atoms with E-state index < -0.39 is 18.1 Å². The average molecular weight is 465 g/mol. The van der Waals surface area contributed by atoms with Crippen LogP contribution in [0.1, 0.15) is 22.7 Å². The van der Waals surface area contributed by atoms with Gasteiger partial charge in [0.1, 0.15) is 12.6 Å². The molecule has 1 aromatic heterocycles. The number of carbonyl (C=O) groups excluding carboxylic acids is 1. The van der Waals surface area contributed by atoms with E-state index in [9.17, 15) is 14.7 Å². The van der Waals surface area contributed by atoms with E-state index in [4.69, 9.17) is 4.74 Å². The molecule has 1 aliphatic carbocycles. The number of pyridine rings is 1. The molecule has 0 bridgehead atoms. The van der Waals surface area contributed by atoms with Crippen LogP contribution in [0.25, 0.3) is 22.4 Å². The first-order valence-corrected chi connectivity index (χ1v) is 11.5. The third-order valence-electron chi connectivity index (χ3n) is 6.22. The maximum absolute atomic E-state index is 12.6. The predicted octanol–water partition coefficient (Wildman–Crippen LogP) is 5.28. The Balaban J connectivity index is 1.26. The van der Waals surface area contributed by atoms with Crippen molar-refractivity contribution in [1.29, 1.82) is 0 Å². The van der Waals surface area contributed by atoms with Crippen LogP contribution in [0.3, 0.4) is 0 Å². The topological polar surface area (TPSA) is 88.5 Å². The van der Waals surface area contributed by atoms with E-state index in [0.29, 0.717) is 5.69 Å². The molecule has 1 atom stereocenters. The zero-order valence-corrected chi connectivity index (χ0v) is 18.9. The number of nitrogens with zero attached hydrogens (tertiary/aromatic N) is 1. The van der Waals surface area contributed by atoms with Crippen molar-refractivity contribution in [1.82, 2.24) is 10.3 Å². The highest BCUT2D eigenvalue weighted by Gasteiger charge is 2.30. The molecule has 0 spiro atoms. The molecule has 6 nitrogen and oxygen atoms in total. The van der Waals surface area contributed by atoms with E-state index in [1.807, 2.05) is 78.9 Å². The van der Waals surface area contributed by atoms with Crippen LogP contribution in [-0.4, -0.2) is 34.8 Å². The van der Waals surface area contributed by atoms with Crippen LogP contribution in [0.4, 0.5) is 4.79 Å². The largest absolute Gasteiger partial charge is 0.480 e. The Labute approximate surface area is 203 Å². The minimum Gasteiger partial charge on any atom is -0.480 e. The van der Waals surface area contributed by atoms with Gasteiger partial charge in [-0.3, -0.25) is 4.98 Å². The third kappa shape index (κ3) is 4.77. The van der Waals surface area contributed by atoms with Crippen LogP contribution in [0.5, 0.6) is 0 Å². The lowest BCUT2D eigenvalue weighted by molar-refractivity contribution is -0.139. The average Bonchev–Trinajstić information content (AvgIpc) is 3.21. The molecule has 1 aliphatic rings. The van der Waals surface area contributed by atoms with Crippen LogP contribution in [0, 0.1) is 0 Å². The van der Waals surface area contributed by atoms with Crippen molar-refractivity contribution in [3.63, 3.8) is 0 Å². The number of fused-ring (bicyclic) bond motifs is 3. The molecule has 0 saturated heterocycles.